The van der Waals surface area contributed by atoms with Gasteiger partial charge in [-0.15, -0.1) is 0 Å². The van der Waals surface area contributed by atoms with Crippen molar-refractivity contribution in [1.82, 2.24) is 9.97 Å². The van der Waals surface area contributed by atoms with E-state index >= 15 is 0 Å². The Kier molecular flexibility index (Phi) is 2.63. The summed E-state index contributed by atoms with van der Waals surface area (Å²) in [5, 5.41) is 3.32. The molecule has 1 aliphatic carbocycles. The summed E-state index contributed by atoms with van der Waals surface area (Å²) >= 11 is 0. The highest BCUT2D eigenvalue weighted by Gasteiger charge is 2.38. The van der Waals surface area contributed by atoms with Crippen LogP contribution in [0.2, 0.25) is 0 Å². The minimum Gasteiger partial charge on any atom is -0.376 e. The normalized spacial score (nSPS) is 24.7. The van der Waals surface area contributed by atoms with Gasteiger partial charge in [-0.1, -0.05) is 0 Å². The average molecular weight is 193 g/mol. The smallest absolute Gasteiger partial charge is 0.129 e. The molecule has 0 spiro atoms. The monoisotopic (exact) mass is 193 g/mol. The number of ether oxygens (including phenoxy) is 1. The fourth-order valence-corrected chi connectivity index (χ4v) is 1.45. The fourth-order valence-electron chi connectivity index (χ4n) is 1.45. The lowest BCUT2D eigenvalue weighted by atomic mass is 10.4. The van der Waals surface area contributed by atoms with E-state index in [-0.39, 0.29) is 0 Å². The summed E-state index contributed by atoms with van der Waals surface area (Å²) in [4.78, 5) is 8.18. The first-order valence-corrected chi connectivity index (χ1v) is 4.96. The molecule has 0 saturated heterocycles. The molecule has 0 aliphatic heterocycles. The average Bonchev–Trinajstić information content (AvgIpc) is 2.84. The molecule has 1 aromatic rings. The molecule has 76 valence electrons. The molecule has 0 amide bonds. The van der Waals surface area contributed by atoms with Crippen LogP contribution >= 0.6 is 0 Å². The Bertz CT molecular complexity index is 316. The summed E-state index contributed by atoms with van der Waals surface area (Å²) < 4.78 is 5.46. The highest BCUT2D eigenvalue weighted by Crippen LogP contribution is 2.28. The molecule has 1 saturated carbocycles. The molecule has 2 unspecified atom stereocenters. The van der Waals surface area contributed by atoms with Crippen LogP contribution in [0.15, 0.2) is 12.4 Å². The third-order valence-electron chi connectivity index (χ3n) is 2.25. The predicted octanol–water partition coefficient (Wildman–Crippen LogP) is 1.37. The van der Waals surface area contributed by atoms with Crippen molar-refractivity contribution in [2.45, 2.75) is 32.4 Å². The zero-order chi connectivity index (χ0) is 9.97. The SMILES string of the molecule is CCOC1CC1Nc1cc(C)ncn1. The topological polar surface area (TPSA) is 47.0 Å². The van der Waals surface area contributed by atoms with Crippen LogP contribution in [-0.2, 0) is 4.74 Å². The maximum absolute atomic E-state index is 5.46. The van der Waals surface area contributed by atoms with Crippen LogP contribution in [0.3, 0.4) is 0 Å². The van der Waals surface area contributed by atoms with E-state index in [4.69, 9.17) is 4.74 Å². The van der Waals surface area contributed by atoms with E-state index in [0.717, 1.165) is 24.5 Å². The van der Waals surface area contributed by atoms with Gasteiger partial charge in [0.05, 0.1) is 12.1 Å². The molecule has 1 heterocycles. The molecule has 2 atom stereocenters. The summed E-state index contributed by atoms with van der Waals surface area (Å²) in [5.41, 5.74) is 0.983. The minimum absolute atomic E-state index is 0.371. The number of aryl methyl sites for hydroxylation is 1. The van der Waals surface area contributed by atoms with Gasteiger partial charge in [0.1, 0.15) is 12.1 Å². The van der Waals surface area contributed by atoms with Gasteiger partial charge in [-0.25, -0.2) is 9.97 Å². The lowest BCUT2D eigenvalue weighted by Crippen LogP contribution is -2.10. The van der Waals surface area contributed by atoms with Gasteiger partial charge < -0.3 is 10.1 Å². The summed E-state index contributed by atoms with van der Waals surface area (Å²) in [6.07, 6.45) is 3.03. The Balaban J connectivity index is 1.87. The molecule has 4 heteroatoms. The maximum atomic E-state index is 5.46. The van der Waals surface area contributed by atoms with Crippen molar-refractivity contribution in [3.63, 3.8) is 0 Å². The molecule has 2 rings (SSSR count). The lowest BCUT2D eigenvalue weighted by molar-refractivity contribution is 0.130. The van der Waals surface area contributed by atoms with Crippen LogP contribution in [0, 0.1) is 6.92 Å². The summed E-state index contributed by atoms with van der Waals surface area (Å²) in [5.74, 6) is 0.893. The summed E-state index contributed by atoms with van der Waals surface area (Å²) in [6.45, 7) is 4.76. The second-order valence-electron chi connectivity index (χ2n) is 3.52. The Labute approximate surface area is 83.7 Å². The molecular weight excluding hydrogens is 178 g/mol. The summed E-state index contributed by atoms with van der Waals surface area (Å²) in [7, 11) is 0. The van der Waals surface area contributed by atoms with Crippen LogP contribution < -0.4 is 5.32 Å². The first-order chi connectivity index (χ1) is 6.79. The molecule has 1 fully saturated rings. The highest BCUT2D eigenvalue weighted by atomic mass is 16.5. The molecule has 4 nitrogen and oxygen atoms in total. The van der Waals surface area contributed by atoms with Crippen molar-refractivity contribution < 1.29 is 4.74 Å². The van der Waals surface area contributed by atoms with Gasteiger partial charge in [-0.2, -0.15) is 0 Å². The lowest BCUT2D eigenvalue weighted by Gasteiger charge is -2.04. The second kappa shape index (κ2) is 3.92. The van der Waals surface area contributed by atoms with Crippen molar-refractivity contribution >= 4 is 5.82 Å². The fraction of sp³-hybridized carbons (Fsp3) is 0.600. The number of aromatic nitrogens is 2. The van der Waals surface area contributed by atoms with E-state index < -0.39 is 0 Å². The molecule has 1 aliphatic rings. The number of nitrogens with one attached hydrogen (secondary N) is 1. The Morgan fingerprint density at radius 3 is 3.14 bits per heavy atom. The second-order valence-corrected chi connectivity index (χ2v) is 3.52. The van der Waals surface area contributed by atoms with Crippen molar-refractivity contribution in [1.29, 1.82) is 0 Å². The van der Waals surface area contributed by atoms with E-state index in [9.17, 15) is 0 Å². The third-order valence-corrected chi connectivity index (χ3v) is 2.25. The van der Waals surface area contributed by atoms with Gasteiger partial charge in [-0.3, -0.25) is 0 Å². The van der Waals surface area contributed by atoms with Crippen molar-refractivity contribution in [3.05, 3.63) is 18.1 Å². The molecular formula is C10H15N3O. The molecule has 1 aromatic heterocycles. The van der Waals surface area contributed by atoms with E-state index in [1.54, 1.807) is 6.33 Å². The number of anilines is 1. The van der Waals surface area contributed by atoms with Crippen molar-refractivity contribution in [2.75, 3.05) is 11.9 Å². The van der Waals surface area contributed by atoms with Crippen LogP contribution in [-0.4, -0.2) is 28.7 Å². The maximum Gasteiger partial charge on any atom is 0.129 e. The first-order valence-electron chi connectivity index (χ1n) is 4.96. The molecule has 1 N–H and O–H groups in total. The van der Waals surface area contributed by atoms with E-state index in [1.165, 1.54) is 0 Å². The molecule has 0 aromatic carbocycles. The largest absolute Gasteiger partial charge is 0.376 e. The standard InChI is InChI=1S/C10H15N3O/c1-3-14-9-5-8(9)13-10-4-7(2)11-6-12-10/h4,6,8-9H,3,5H2,1-2H3,(H,11,12,13). The highest BCUT2D eigenvalue weighted by molar-refractivity contribution is 5.38. The van der Waals surface area contributed by atoms with Gasteiger partial charge >= 0.3 is 0 Å². The third kappa shape index (κ3) is 2.20. The molecule has 0 radical (unpaired) electrons. The quantitative estimate of drug-likeness (QED) is 0.784. The number of hydrogen-bond donors (Lipinski definition) is 1. The molecule has 14 heavy (non-hydrogen) atoms. The number of rotatable bonds is 4. The van der Waals surface area contributed by atoms with E-state index in [2.05, 4.69) is 15.3 Å². The van der Waals surface area contributed by atoms with Gasteiger partial charge in [-0.05, 0) is 20.3 Å². The Morgan fingerprint density at radius 2 is 2.43 bits per heavy atom. The van der Waals surface area contributed by atoms with Crippen LogP contribution in [0.5, 0.6) is 0 Å². The number of nitrogens with zero attached hydrogens (tertiary/aromatic N) is 2. The van der Waals surface area contributed by atoms with Gasteiger partial charge in [0.25, 0.3) is 0 Å². The minimum atomic E-state index is 0.371. The summed E-state index contributed by atoms with van der Waals surface area (Å²) in [6, 6.07) is 2.38. The van der Waals surface area contributed by atoms with E-state index in [0.29, 0.717) is 12.1 Å². The van der Waals surface area contributed by atoms with Gasteiger partial charge in [0, 0.05) is 18.4 Å². The zero-order valence-corrected chi connectivity index (χ0v) is 8.53. The number of hydrogen-bond acceptors (Lipinski definition) is 4. The van der Waals surface area contributed by atoms with Gasteiger partial charge in [0.15, 0.2) is 0 Å². The molecule has 0 bridgehead atoms. The Hall–Kier alpha value is -1.16. The van der Waals surface area contributed by atoms with Crippen molar-refractivity contribution in [2.24, 2.45) is 0 Å². The van der Waals surface area contributed by atoms with Crippen LogP contribution in [0.25, 0.3) is 0 Å². The van der Waals surface area contributed by atoms with E-state index in [1.807, 2.05) is 19.9 Å². The Morgan fingerprint density at radius 1 is 1.57 bits per heavy atom. The van der Waals surface area contributed by atoms with Crippen LogP contribution in [0.4, 0.5) is 5.82 Å². The zero-order valence-electron chi connectivity index (χ0n) is 8.53. The van der Waals surface area contributed by atoms with Crippen molar-refractivity contribution in [3.8, 4) is 0 Å². The predicted molar refractivity (Wildman–Crippen MR) is 54.2 cm³/mol. The van der Waals surface area contributed by atoms with Crippen LogP contribution in [0.1, 0.15) is 19.0 Å². The van der Waals surface area contributed by atoms with Gasteiger partial charge in [0.2, 0.25) is 0 Å². The first kappa shape index (κ1) is 9.40.